The third-order valence-electron chi connectivity index (χ3n) is 7.80. The van der Waals surface area contributed by atoms with Gasteiger partial charge in [0.05, 0.1) is 19.0 Å². The molecule has 0 aliphatic heterocycles. The fraction of sp³-hybridized carbons (Fsp3) is 0. The molecule has 0 spiro atoms. The molecule has 0 atom stereocenters. The molecule has 0 saturated heterocycles. The first-order valence-electron chi connectivity index (χ1n) is 16.0. The molecule has 0 aliphatic carbocycles. The Morgan fingerprint density at radius 3 is 0.917 bits per heavy atom. The molecule has 0 unspecified atom stereocenters. The second-order valence-corrected chi connectivity index (χ2v) is 15.2. The van der Waals surface area contributed by atoms with Gasteiger partial charge in [0.2, 0.25) is 0 Å². The molecule has 48 heavy (non-hydrogen) atoms. The number of rotatable bonds is 12. The fourth-order valence-corrected chi connectivity index (χ4v) is 8.60. The van der Waals surface area contributed by atoms with Crippen LogP contribution < -0.4 is 39.7 Å². The van der Waals surface area contributed by atoms with Crippen LogP contribution in [0.15, 0.2) is 182 Å². The highest BCUT2D eigenvalue weighted by Gasteiger charge is 2.17. The Morgan fingerprint density at radius 1 is 0.271 bits per heavy atom. The summed E-state index contributed by atoms with van der Waals surface area (Å²) < 4.78 is 25.6. The predicted molar refractivity (Wildman–Crippen MR) is 201 cm³/mol. The maximum atomic E-state index is 6.49. The number of benzene rings is 7. The highest BCUT2D eigenvalue weighted by molar-refractivity contribution is 6.70. The molecule has 0 N–H and O–H groups in total. The standard InChI is InChI=1S/C42H34O4Si2/c1-5-15-31(16-6-1)43-37-23-13-25-39(41(37)45-33-19-9-3-10-20-33)47-35-27-29-36(30-28-35)48-40-26-14-24-38(44-32-17-7-2-8-18-32)42(40)46-34-21-11-4-12-22-34/h1-30H,47-48H2. The van der Waals surface area contributed by atoms with Gasteiger partial charge in [-0.25, -0.2) is 0 Å². The summed E-state index contributed by atoms with van der Waals surface area (Å²) in [7, 11) is -1.79. The van der Waals surface area contributed by atoms with Gasteiger partial charge < -0.3 is 18.9 Å². The van der Waals surface area contributed by atoms with Crippen molar-refractivity contribution in [2.24, 2.45) is 0 Å². The molecule has 234 valence electrons. The smallest absolute Gasteiger partial charge is 0.169 e. The van der Waals surface area contributed by atoms with E-state index in [0.717, 1.165) is 34.5 Å². The Labute approximate surface area is 285 Å². The van der Waals surface area contributed by atoms with Crippen molar-refractivity contribution in [2.45, 2.75) is 0 Å². The van der Waals surface area contributed by atoms with E-state index < -0.39 is 19.0 Å². The van der Waals surface area contributed by atoms with Crippen LogP contribution in [0.25, 0.3) is 0 Å². The van der Waals surface area contributed by atoms with Crippen LogP contribution in [0.1, 0.15) is 0 Å². The van der Waals surface area contributed by atoms with Crippen molar-refractivity contribution in [2.75, 3.05) is 0 Å². The summed E-state index contributed by atoms with van der Waals surface area (Å²) in [5.74, 6) is 6.08. The number of ether oxygens (including phenoxy) is 4. The van der Waals surface area contributed by atoms with Crippen LogP contribution in [0.3, 0.4) is 0 Å². The van der Waals surface area contributed by atoms with Crippen LogP contribution in [0, 0.1) is 0 Å². The minimum atomic E-state index is -0.897. The molecule has 4 nitrogen and oxygen atoms in total. The van der Waals surface area contributed by atoms with Gasteiger partial charge >= 0.3 is 0 Å². The summed E-state index contributed by atoms with van der Waals surface area (Å²) >= 11 is 0. The number of hydrogen-bond donors (Lipinski definition) is 0. The molecule has 7 aromatic rings. The predicted octanol–water partition coefficient (Wildman–Crippen LogP) is 7.10. The molecule has 0 saturated carbocycles. The molecule has 0 heterocycles. The Balaban J connectivity index is 1.14. The maximum absolute atomic E-state index is 6.49. The Morgan fingerprint density at radius 2 is 0.583 bits per heavy atom. The zero-order chi connectivity index (χ0) is 32.4. The lowest BCUT2D eigenvalue weighted by Gasteiger charge is -2.17. The van der Waals surface area contributed by atoms with Gasteiger partial charge in [-0.3, -0.25) is 0 Å². The summed E-state index contributed by atoms with van der Waals surface area (Å²) in [6.45, 7) is 0. The van der Waals surface area contributed by atoms with Gasteiger partial charge in [0, 0.05) is 0 Å². The van der Waals surface area contributed by atoms with Crippen molar-refractivity contribution in [1.29, 1.82) is 0 Å². The topological polar surface area (TPSA) is 36.9 Å². The molecule has 0 bridgehead atoms. The monoisotopic (exact) mass is 658 g/mol. The van der Waals surface area contributed by atoms with E-state index in [0.29, 0.717) is 11.5 Å². The maximum Gasteiger partial charge on any atom is 0.169 e. The molecule has 0 fully saturated rings. The summed E-state index contributed by atoms with van der Waals surface area (Å²) in [6, 6.07) is 60.9. The van der Waals surface area contributed by atoms with E-state index in [1.54, 1.807) is 0 Å². The van der Waals surface area contributed by atoms with Gasteiger partial charge in [-0.2, -0.15) is 0 Å². The molecule has 0 amide bonds. The van der Waals surface area contributed by atoms with Crippen molar-refractivity contribution in [1.82, 2.24) is 0 Å². The van der Waals surface area contributed by atoms with E-state index in [-0.39, 0.29) is 0 Å². The van der Waals surface area contributed by atoms with Gasteiger partial charge in [0.25, 0.3) is 0 Å². The van der Waals surface area contributed by atoms with Crippen LogP contribution in [0.4, 0.5) is 0 Å². The van der Waals surface area contributed by atoms with Crippen LogP contribution in [-0.2, 0) is 0 Å². The van der Waals surface area contributed by atoms with Crippen LogP contribution in [0.2, 0.25) is 0 Å². The van der Waals surface area contributed by atoms with Crippen molar-refractivity contribution < 1.29 is 18.9 Å². The molecule has 7 rings (SSSR count). The van der Waals surface area contributed by atoms with Gasteiger partial charge in [-0.1, -0.05) is 132 Å². The van der Waals surface area contributed by atoms with E-state index in [2.05, 4.69) is 48.5 Å². The van der Waals surface area contributed by atoms with E-state index in [1.165, 1.54) is 20.7 Å². The average Bonchev–Trinajstić information content (AvgIpc) is 3.13. The van der Waals surface area contributed by atoms with Gasteiger partial charge in [-0.05, 0) is 71.0 Å². The first-order chi connectivity index (χ1) is 23.8. The molecular formula is C42H34O4Si2. The largest absolute Gasteiger partial charge is 0.454 e. The highest BCUT2D eigenvalue weighted by Crippen LogP contribution is 2.34. The van der Waals surface area contributed by atoms with Gasteiger partial charge in [0.15, 0.2) is 23.0 Å². The quantitative estimate of drug-likeness (QED) is 0.131. The van der Waals surface area contributed by atoms with Gasteiger partial charge in [-0.15, -0.1) is 0 Å². The zero-order valence-corrected chi connectivity index (χ0v) is 29.2. The second kappa shape index (κ2) is 15.2. The first-order valence-corrected chi connectivity index (χ1v) is 18.8. The lowest BCUT2D eigenvalue weighted by atomic mass is 10.3. The summed E-state index contributed by atoms with van der Waals surface area (Å²) in [4.78, 5) is 0. The molecular weight excluding hydrogens is 625 g/mol. The van der Waals surface area contributed by atoms with Crippen molar-refractivity contribution in [3.8, 4) is 46.0 Å². The van der Waals surface area contributed by atoms with E-state index >= 15 is 0 Å². The van der Waals surface area contributed by atoms with Crippen molar-refractivity contribution in [3.63, 3.8) is 0 Å². The van der Waals surface area contributed by atoms with E-state index in [4.69, 9.17) is 18.9 Å². The number of para-hydroxylation sites is 6. The number of hydrogen-bond acceptors (Lipinski definition) is 4. The first kappa shape index (κ1) is 30.8. The van der Waals surface area contributed by atoms with Crippen molar-refractivity contribution >= 4 is 39.8 Å². The van der Waals surface area contributed by atoms with E-state index in [1.807, 2.05) is 133 Å². The Bertz CT molecular complexity index is 1900. The third kappa shape index (κ3) is 7.93. The van der Waals surface area contributed by atoms with Crippen LogP contribution >= 0.6 is 0 Å². The van der Waals surface area contributed by atoms with Crippen molar-refractivity contribution in [3.05, 3.63) is 182 Å². The molecule has 0 aromatic heterocycles. The highest BCUT2D eigenvalue weighted by atomic mass is 28.2. The second-order valence-electron chi connectivity index (χ2n) is 11.3. The van der Waals surface area contributed by atoms with Crippen LogP contribution in [-0.4, -0.2) is 19.0 Å². The lowest BCUT2D eigenvalue weighted by Crippen LogP contribution is -2.32. The molecule has 0 radical (unpaired) electrons. The lowest BCUT2D eigenvalue weighted by molar-refractivity contribution is 0.421. The minimum absolute atomic E-state index is 0.711. The normalized spacial score (nSPS) is 11.2. The van der Waals surface area contributed by atoms with E-state index in [9.17, 15) is 0 Å². The fourth-order valence-electron chi connectivity index (χ4n) is 5.45. The SMILES string of the molecule is c1ccc(Oc2cccc([SiH2]c3ccc([SiH2]c4cccc(Oc5ccccc5)c4Oc4ccccc4)cc3)c2Oc2ccccc2)cc1. The minimum Gasteiger partial charge on any atom is -0.454 e. The third-order valence-corrected chi connectivity index (χ3v) is 11.4. The molecule has 7 aromatic carbocycles. The molecule has 0 aliphatic rings. The zero-order valence-electron chi connectivity index (χ0n) is 26.4. The molecule has 6 heteroatoms. The Hall–Kier alpha value is -5.83. The summed E-state index contributed by atoms with van der Waals surface area (Å²) in [6.07, 6.45) is 0. The summed E-state index contributed by atoms with van der Waals surface area (Å²) in [5, 5.41) is 5.01. The van der Waals surface area contributed by atoms with Crippen LogP contribution in [0.5, 0.6) is 46.0 Å². The Kier molecular flexibility index (Phi) is 9.74. The average molecular weight is 659 g/mol. The summed E-state index contributed by atoms with van der Waals surface area (Å²) in [5.41, 5.74) is 0. The van der Waals surface area contributed by atoms with Gasteiger partial charge in [0.1, 0.15) is 23.0 Å².